The fourth-order valence-electron chi connectivity index (χ4n) is 2.65. The second-order valence-corrected chi connectivity index (χ2v) is 5.78. The van der Waals surface area contributed by atoms with Crippen LogP contribution in [0, 0.1) is 0 Å². The fourth-order valence-corrected chi connectivity index (χ4v) is 2.65. The van der Waals surface area contributed by atoms with Crippen LogP contribution in [0.3, 0.4) is 0 Å². The molecule has 1 atom stereocenters. The van der Waals surface area contributed by atoms with Crippen LogP contribution >= 0.6 is 0 Å². The van der Waals surface area contributed by atoms with E-state index in [9.17, 15) is 0 Å². The van der Waals surface area contributed by atoms with Crippen molar-refractivity contribution in [2.45, 2.75) is 50.6 Å². The van der Waals surface area contributed by atoms with E-state index in [0.29, 0.717) is 6.04 Å². The summed E-state index contributed by atoms with van der Waals surface area (Å²) in [6.45, 7) is 1.05. The summed E-state index contributed by atoms with van der Waals surface area (Å²) in [5, 5.41) is 4.68. The van der Waals surface area contributed by atoms with Gasteiger partial charge in [0, 0.05) is 18.7 Å². The van der Waals surface area contributed by atoms with E-state index >= 15 is 0 Å². The molecule has 1 aliphatic carbocycles. The molecule has 2 rings (SSSR count). The third kappa shape index (κ3) is 3.82. The van der Waals surface area contributed by atoms with E-state index in [2.05, 4.69) is 41.0 Å². The van der Waals surface area contributed by atoms with Crippen molar-refractivity contribution in [2.24, 2.45) is 5.73 Å². The SMILES string of the molecule is CN(C)CCC(N)Cc1ccn(C2CCCC2)n1. The molecule has 1 heterocycles. The molecule has 4 heteroatoms. The molecule has 1 saturated carbocycles. The summed E-state index contributed by atoms with van der Waals surface area (Å²) >= 11 is 0. The highest BCUT2D eigenvalue weighted by atomic mass is 15.3. The van der Waals surface area contributed by atoms with Gasteiger partial charge in [0.1, 0.15) is 0 Å². The largest absolute Gasteiger partial charge is 0.327 e. The van der Waals surface area contributed by atoms with Crippen molar-refractivity contribution < 1.29 is 0 Å². The Hall–Kier alpha value is -0.870. The average molecular weight is 250 g/mol. The molecule has 0 spiro atoms. The van der Waals surface area contributed by atoms with Crippen LogP contribution in [0.25, 0.3) is 0 Å². The predicted molar refractivity (Wildman–Crippen MR) is 74.6 cm³/mol. The first-order chi connectivity index (χ1) is 8.65. The van der Waals surface area contributed by atoms with Crippen LogP contribution in [0.15, 0.2) is 12.3 Å². The maximum atomic E-state index is 6.14. The highest BCUT2D eigenvalue weighted by Gasteiger charge is 2.17. The van der Waals surface area contributed by atoms with Crippen molar-refractivity contribution in [3.63, 3.8) is 0 Å². The van der Waals surface area contributed by atoms with E-state index in [1.165, 1.54) is 25.7 Å². The minimum Gasteiger partial charge on any atom is -0.327 e. The van der Waals surface area contributed by atoms with Gasteiger partial charge in [-0.2, -0.15) is 5.10 Å². The molecular weight excluding hydrogens is 224 g/mol. The molecular formula is C14H26N4. The summed E-state index contributed by atoms with van der Waals surface area (Å²) in [7, 11) is 4.17. The van der Waals surface area contributed by atoms with E-state index in [0.717, 1.165) is 25.1 Å². The van der Waals surface area contributed by atoms with Gasteiger partial charge in [-0.15, -0.1) is 0 Å². The van der Waals surface area contributed by atoms with Crippen molar-refractivity contribution in [3.05, 3.63) is 18.0 Å². The zero-order valence-corrected chi connectivity index (χ0v) is 11.7. The highest BCUT2D eigenvalue weighted by molar-refractivity contribution is 5.02. The summed E-state index contributed by atoms with van der Waals surface area (Å²) in [5.74, 6) is 0. The van der Waals surface area contributed by atoms with Gasteiger partial charge in [-0.3, -0.25) is 4.68 Å². The number of hydrogen-bond acceptors (Lipinski definition) is 3. The molecule has 18 heavy (non-hydrogen) atoms. The number of nitrogens with two attached hydrogens (primary N) is 1. The maximum absolute atomic E-state index is 6.14. The van der Waals surface area contributed by atoms with E-state index in [-0.39, 0.29) is 6.04 Å². The highest BCUT2D eigenvalue weighted by Crippen LogP contribution is 2.28. The van der Waals surface area contributed by atoms with Crippen LogP contribution in [0.2, 0.25) is 0 Å². The quantitative estimate of drug-likeness (QED) is 0.837. The van der Waals surface area contributed by atoms with Gasteiger partial charge in [0.2, 0.25) is 0 Å². The Morgan fingerprint density at radius 1 is 1.44 bits per heavy atom. The third-order valence-corrected chi connectivity index (χ3v) is 3.78. The number of nitrogens with zero attached hydrogens (tertiary/aromatic N) is 3. The summed E-state index contributed by atoms with van der Waals surface area (Å²) in [5.41, 5.74) is 7.29. The zero-order chi connectivity index (χ0) is 13.0. The fraction of sp³-hybridized carbons (Fsp3) is 0.786. The topological polar surface area (TPSA) is 47.1 Å². The molecule has 102 valence electrons. The van der Waals surface area contributed by atoms with Crippen molar-refractivity contribution in [3.8, 4) is 0 Å². The third-order valence-electron chi connectivity index (χ3n) is 3.78. The Morgan fingerprint density at radius 3 is 2.83 bits per heavy atom. The first-order valence-electron chi connectivity index (χ1n) is 7.09. The summed E-state index contributed by atoms with van der Waals surface area (Å²) in [6, 6.07) is 2.99. The first kappa shape index (κ1) is 13.6. The van der Waals surface area contributed by atoms with Crippen LogP contribution in [-0.4, -0.2) is 41.4 Å². The Kier molecular flexibility index (Phi) is 4.78. The van der Waals surface area contributed by atoms with Crippen LogP contribution in [0.1, 0.15) is 43.8 Å². The van der Waals surface area contributed by atoms with Crippen molar-refractivity contribution in [1.29, 1.82) is 0 Å². The van der Waals surface area contributed by atoms with Gasteiger partial charge >= 0.3 is 0 Å². The Labute approximate surface area is 110 Å². The second-order valence-electron chi connectivity index (χ2n) is 5.78. The van der Waals surface area contributed by atoms with E-state index < -0.39 is 0 Å². The van der Waals surface area contributed by atoms with Crippen molar-refractivity contribution in [2.75, 3.05) is 20.6 Å². The smallest absolute Gasteiger partial charge is 0.0640 e. The van der Waals surface area contributed by atoms with Crippen LogP contribution in [0.4, 0.5) is 0 Å². The summed E-state index contributed by atoms with van der Waals surface area (Å²) in [6.07, 6.45) is 9.33. The van der Waals surface area contributed by atoms with Gasteiger partial charge in [-0.1, -0.05) is 12.8 Å². The Morgan fingerprint density at radius 2 is 2.17 bits per heavy atom. The van der Waals surface area contributed by atoms with Crippen LogP contribution in [-0.2, 0) is 6.42 Å². The molecule has 2 N–H and O–H groups in total. The van der Waals surface area contributed by atoms with Gasteiger partial charge in [-0.05, 0) is 46.0 Å². The predicted octanol–water partition coefficient (Wildman–Crippen LogP) is 1.82. The van der Waals surface area contributed by atoms with Crippen LogP contribution in [0.5, 0.6) is 0 Å². The molecule has 1 aromatic rings. The molecule has 1 fully saturated rings. The van der Waals surface area contributed by atoms with Crippen LogP contribution < -0.4 is 5.73 Å². The summed E-state index contributed by atoms with van der Waals surface area (Å²) in [4.78, 5) is 2.18. The molecule has 0 aliphatic heterocycles. The number of rotatable bonds is 6. The monoisotopic (exact) mass is 250 g/mol. The molecule has 0 aromatic carbocycles. The molecule has 1 unspecified atom stereocenters. The minimum atomic E-state index is 0.222. The van der Waals surface area contributed by atoms with Crippen molar-refractivity contribution in [1.82, 2.24) is 14.7 Å². The van der Waals surface area contributed by atoms with Crippen molar-refractivity contribution >= 4 is 0 Å². The summed E-state index contributed by atoms with van der Waals surface area (Å²) < 4.78 is 2.15. The lowest BCUT2D eigenvalue weighted by Crippen LogP contribution is -2.28. The zero-order valence-electron chi connectivity index (χ0n) is 11.7. The lowest BCUT2D eigenvalue weighted by molar-refractivity contribution is 0.378. The first-order valence-corrected chi connectivity index (χ1v) is 7.09. The lowest BCUT2D eigenvalue weighted by Gasteiger charge is -2.14. The molecule has 0 amide bonds. The Balaban J connectivity index is 1.82. The van der Waals surface area contributed by atoms with Gasteiger partial charge in [0.25, 0.3) is 0 Å². The molecule has 0 saturated heterocycles. The van der Waals surface area contributed by atoms with E-state index in [1.54, 1.807) is 0 Å². The van der Waals surface area contributed by atoms with Gasteiger partial charge in [0.15, 0.2) is 0 Å². The van der Waals surface area contributed by atoms with E-state index in [1.807, 2.05) is 0 Å². The molecule has 4 nitrogen and oxygen atoms in total. The molecule has 1 aromatic heterocycles. The lowest BCUT2D eigenvalue weighted by atomic mass is 10.1. The number of aromatic nitrogens is 2. The normalized spacial score (nSPS) is 18.7. The molecule has 0 bridgehead atoms. The van der Waals surface area contributed by atoms with Gasteiger partial charge in [0.05, 0.1) is 11.7 Å². The van der Waals surface area contributed by atoms with Gasteiger partial charge < -0.3 is 10.6 Å². The van der Waals surface area contributed by atoms with Gasteiger partial charge in [-0.25, -0.2) is 0 Å². The standard InChI is InChI=1S/C14H26N4/c1-17(2)9-7-12(15)11-13-8-10-18(16-13)14-5-3-4-6-14/h8,10,12,14H,3-7,9,11,15H2,1-2H3. The maximum Gasteiger partial charge on any atom is 0.0640 e. The number of hydrogen-bond donors (Lipinski definition) is 1. The molecule has 1 aliphatic rings. The minimum absolute atomic E-state index is 0.222. The Bertz CT molecular complexity index is 352. The second kappa shape index (κ2) is 6.34. The average Bonchev–Trinajstić information content (AvgIpc) is 2.95. The molecule has 0 radical (unpaired) electrons. The van der Waals surface area contributed by atoms with E-state index in [4.69, 9.17) is 5.73 Å².